The van der Waals surface area contributed by atoms with Gasteiger partial charge in [0.25, 0.3) is 0 Å². The number of methoxy groups -OCH3 is 3. The molecule has 13 heteroatoms. The van der Waals surface area contributed by atoms with E-state index in [9.17, 15) is 19.8 Å². The Hall–Kier alpha value is -5.21. The molecule has 1 aromatic heterocycles. The Morgan fingerprint density at radius 3 is 2.34 bits per heavy atom. The lowest BCUT2D eigenvalue weighted by molar-refractivity contribution is -0.228. The quantitative estimate of drug-likeness (QED) is 0.114. The number of piperidine rings is 1. The fraction of sp³-hybridized carbons (Fsp3) is 0.519. The molecule has 0 radical (unpaired) electrons. The van der Waals surface area contributed by atoms with Crippen LogP contribution in [-0.4, -0.2) is 133 Å². The van der Waals surface area contributed by atoms with Gasteiger partial charge >= 0.3 is 17.9 Å². The van der Waals surface area contributed by atoms with E-state index >= 15 is 4.79 Å². The number of nitrogens with zero attached hydrogens (tertiary/aromatic N) is 3. The Labute approximate surface area is 380 Å². The molecule has 10 atom stereocenters. The number of hydrogen-bond donors (Lipinski definition) is 3. The van der Waals surface area contributed by atoms with Crippen LogP contribution in [0.4, 0.5) is 5.69 Å². The molecule has 65 heavy (non-hydrogen) atoms. The second kappa shape index (κ2) is 15.4. The zero-order valence-electron chi connectivity index (χ0n) is 38.6. The lowest BCUT2D eigenvalue weighted by Crippen LogP contribution is -2.81. The average Bonchev–Trinajstić information content (AvgIpc) is 3.97. The van der Waals surface area contributed by atoms with Crippen molar-refractivity contribution in [2.75, 3.05) is 66.0 Å². The number of aromatic amines is 1. The van der Waals surface area contributed by atoms with Gasteiger partial charge in [0.15, 0.2) is 6.10 Å². The number of carbonyl (C=O) groups excluding carboxylic acids is 3. The second-order valence-corrected chi connectivity index (χ2v) is 19.8. The molecule has 6 heterocycles. The third kappa shape index (κ3) is 5.93. The Morgan fingerprint density at radius 1 is 0.877 bits per heavy atom. The SMILES string of the molecule is CC[C@]1(O)C[C@H]2CN(CCc3c([nH]c4ccc(-c5ccccc5)cc34)[C@@](C(=O)OC)(c3cc4c(cc3OC)N(C)C3[C@]45CCN4CC=C[C@@](CC)([C@@H](OC(C)=O)[C@]3(O)C(=O)OC)[C@H]45)C2)C1. The topological polar surface area (TPSA) is 154 Å². The second-order valence-electron chi connectivity index (χ2n) is 19.8. The standard InChI is InChI=1S/C52H62N4O9/c1-8-48(60)27-32-28-51(46(58)63-6,42-35(18-22-55(29-32)30-48)36-24-34(16-17-39(36)53-42)33-14-11-10-12-15-33)38-25-37-40(26-41(38)62-5)54(4)44-50(37)20-23-56-21-13-19-49(9-2,43(50)56)45(65-31(3)57)52(44,61)47(59)64-7/h10-17,19,24-26,32,43-45,53,60-61H,8-9,18,20-23,27-30H2,1-7H3/t32-,43+,44?,45-,48+,49-,50-,51+,52+/m1/s1. The van der Waals surface area contributed by atoms with Gasteiger partial charge in [0.05, 0.1) is 33.0 Å². The molecule has 1 aliphatic carbocycles. The van der Waals surface area contributed by atoms with Crippen molar-refractivity contribution in [3.8, 4) is 16.9 Å². The number of likely N-dealkylation sites (N-methyl/N-ethyl adjacent to an activating group) is 1. The zero-order valence-corrected chi connectivity index (χ0v) is 38.6. The smallest absolute Gasteiger partial charge is 0.344 e. The van der Waals surface area contributed by atoms with Gasteiger partial charge in [0, 0.05) is 90.9 Å². The molecule has 3 fully saturated rings. The van der Waals surface area contributed by atoms with Crippen LogP contribution in [0.1, 0.15) is 75.3 Å². The van der Waals surface area contributed by atoms with Crippen LogP contribution in [0.15, 0.2) is 72.8 Å². The molecule has 6 aliphatic rings. The van der Waals surface area contributed by atoms with Crippen molar-refractivity contribution in [2.45, 2.75) is 99.5 Å². The van der Waals surface area contributed by atoms with Gasteiger partial charge in [-0.1, -0.05) is 62.4 Å². The largest absolute Gasteiger partial charge is 0.496 e. The van der Waals surface area contributed by atoms with Crippen LogP contribution in [-0.2, 0) is 45.8 Å². The van der Waals surface area contributed by atoms with Crippen molar-refractivity contribution in [1.82, 2.24) is 14.8 Å². The van der Waals surface area contributed by atoms with Crippen molar-refractivity contribution in [3.05, 3.63) is 95.2 Å². The van der Waals surface area contributed by atoms with E-state index < -0.39 is 57.5 Å². The van der Waals surface area contributed by atoms with Gasteiger partial charge in [-0.2, -0.15) is 0 Å². The maximum atomic E-state index is 15.6. The Balaban J connectivity index is 1.28. The highest BCUT2D eigenvalue weighted by Crippen LogP contribution is 2.68. The Kier molecular flexibility index (Phi) is 10.4. The summed E-state index contributed by atoms with van der Waals surface area (Å²) in [4.78, 5) is 53.8. The van der Waals surface area contributed by atoms with Crippen LogP contribution in [0.25, 0.3) is 22.0 Å². The van der Waals surface area contributed by atoms with E-state index in [1.54, 1.807) is 7.11 Å². The molecule has 1 spiro atoms. The maximum Gasteiger partial charge on any atom is 0.344 e. The van der Waals surface area contributed by atoms with Crippen LogP contribution < -0.4 is 9.64 Å². The Morgan fingerprint density at radius 2 is 1.65 bits per heavy atom. The first-order chi connectivity index (χ1) is 31.2. The van der Waals surface area contributed by atoms with E-state index in [-0.39, 0.29) is 12.0 Å². The van der Waals surface area contributed by atoms with Gasteiger partial charge in [-0.3, -0.25) is 19.4 Å². The fourth-order valence-electron chi connectivity index (χ4n) is 14.4. The molecule has 3 N–H and O–H groups in total. The lowest BCUT2D eigenvalue weighted by Gasteiger charge is -2.63. The minimum absolute atomic E-state index is 0.127. The highest BCUT2D eigenvalue weighted by atomic mass is 16.6. The van der Waals surface area contributed by atoms with Crippen LogP contribution in [0.2, 0.25) is 0 Å². The average molecular weight is 887 g/mol. The molecule has 13 nitrogen and oxygen atoms in total. The van der Waals surface area contributed by atoms with E-state index in [0.29, 0.717) is 82.6 Å². The molecule has 1 saturated carbocycles. The molecule has 5 aliphatic heterocycles. The van der Waals surface area contributed by atoms with Gasteiger partial charge < -0.3 is 39.0 Å². The molecule has 0 amide bonds. The lowest BCUT2D eigenvalue weighted by atomic mass is 9.47. The third-order valence-corrected chi connectivity index (χ3v) is 16.8. The number of esters is 3. The fourth-order valence-corrected chi connectivity index (χ4v) is 14.4. The summed E-state index contributed by atoms with van der Waals surface area (Å²) in [5.74, 6) is -1.62. The number of anilines is 1. The van der Waals surface area contributed by atoms with Crippen molar-refractivity contribution in [2.24, 2.45) is 11.3 Å². The van der Waals surface area contributed by atoms with Crippen LogP contribution in [0.5, 0.6) is 5.75 Å². The van der Waals surface area contributed by atoms with Gasteiger partial charge in [-0.15, -0.1) is 0 Å². The first-order valence-corrected chi connectivity index (χ1v) is 23.3. The highest BCUT2D eigenvalue weighted by molar-refractivity contribution is 5.96. The number of carbonyl (C=O) groups is 3. The third-order valence-electron chi connectivity index (χ3n) is 16.8. The molecule has 2 unspecified atom stereocenters. The van der Waals surface area contributed by atoms with E-state index in [1.165, 1.54) is 21.1 Å². The zero-order chi connectivity index (χ0) is 45.8. The number of aromatic nitrogens is 1. The number of rotatable bonds is 8. The number of fused-ring (bicyclic) bond motifs is 6. The highest BCUT2D eigenvalue weighted by Gasteiger charge is 2.80. The molecule has 4 aromatic rings. The molecule has 10 rings (SSSR count). The number of benzene rings is 3. The van der Waals surface area contributed by atoms with Crippen LogP contribution in [0.3, 0.4) is 0 Å². The van der Waals surface area contributed by atoms with Gasteiger partial charge in [-0.05, 0) is 91.4 Å². The summed E-state index contributed by atoms with van der Waals surface area (Å²) in [5.41, 5.74) is 0.306. The van der Waals surface area contributed by atoms with E-state index in [4.69, 9.17) is 18.9 Å². The number of ether oxygens (including phenoxy) is 4. The van der Waals surface area contributed by atoms with Crippen molar-refractivity contribution in [1.29, 1.82) is 0 Å². The molecule has 2 saturated heterocycles. The maximum absolute atomic E-state index is 15.6. The summed E-state index contributed by atoms with van der Waals surface area (Å²) < 4.78 is 24.2. The first kappa shape index (κ1) is 43.7. The number of nitrogens with one attached hydrogen (secondary N) is 1. The summed E-state index contributed by atoms with van der Waals surface area (Å²) in [6.07, 6.45) is 5.83. The van der Waals surface area contributed by atoms with Crippen LogP contribution in [0, 0.1) is 11.3 Å². The summed E-state index contributed by atoms with van der Waals surface area (Å²) in [5, 5.41) is 26.6. The molecular weight excluding hydrogens is 825 g/mol. The van der Waals surface area contributed by atoms with Crippen molar-refractivity contribution < 1.29 is 43.5 Å². The summed E-state index contributed by atoms with van der Waals surface area (Å²) in [7, 11) is 6.17. The van der Waals surface area contributed by atoms with E-state index in [2.05, 4.69) is 63.3 Å². The summed E-state index contributed by atoms with van der Waals surface area (Å²) in [6.45, 7) is 8.55. The van der Waals surface area contributed by atoms with E-state index in [0.717, 1.165) is 44.5 Å². The summed E-state index contributed by atoms with van der Waals surface area (Å²) in [6, 6.07) is 19.5. The molecule has 2 bridgehead atoms. The Bertz CT molecular complexity index is 2610. The normalized spacial score (nSPS) is 34.6. The molecule has 344 valence electrons. The van der Waals surface area contributed by atoms with Crippen LogP contribution >= 0.6 is 0 Å². The minimum Gasteiger partial charge on any atom is -0.496 e. The predicted octanol–water partition coefficient (Wildman–Crippen LogP) is 5.66. The number of aliphatic hydroxyl groups is 2. The van der Waals surface area contributed by atoms with Gasteiger partial charge in [0.2, 0.25) is 5.60 Å². The first-order valence-electron chi connectivity index (χ1n) is 23.3. The minimum atomic E-state index is -2.32. The molecular formula is C52H62N4O9. The summed E-state index contributed by atoms with van der Waals surface area (Å²) >= 11 is 0. The number of H-pyrrole nitrogens is 1. The van der Waals surface area contributed by atoms with Crippen molar-refractivity contribution >= 4 is 34.5 Å². The molecule has 3 aromatic carbocycles. The van der Waals surface area contributed by atoms with Gasteiger partial charge in [-0.25, -0.2) is 4.79 Å². The number of hydrogen-bond acceptors (Lipinski definition) is 12. The predicted molar refractivity (Wildman–Crippen MR) is 246 cm³/mol. The monoisotopic (exact) mass is 886 g/mol. The van der Waals surface area contributed by atoms with Gasteiger partial charge in [0.1, 0.15) is 11.2 Å². The van der Waals surface area contributed by atoms with Crippen molar-refractivity contribution in [3.63, 3.8) is 0 Å². The van der Waals surface area contributed by atoms with E-state index in [1.807, 2.05) is 50.1 Å².